The number of benzene rings is 4. The van der Waals surface area contributed by atoms with Crippen LogP contribution in [0.25, 0.3) is 0 Å². The summed E-state index contributed by atoms with van der Waals surface area (Å²) in [4.78, 5) is 31.1. The molecule has 7 aliphatic rings. The molecule has 0 spiro atoms. The zero-order valence-corrected chi connectivity index (χ0v) is 39.1. The number of carbonyl (C=O) groups excluding carboxylic acids is 2. The average molecular weight is 813 g/mol. The predicted molar refractivity (Wildman–Crippen MR) is 245 cm³/mol. The van der Waals surface area contributed by atoms with E-state index in [0.717, 1.165) is 55.6 Å². The molecule has 6 aliphatic carbocycles. The van der Waals surface area contributed by atoms with E-state index in [9.17, 15) is 0 Å². The fraction of sp³-hybridized carbons (Fsp3) is 0.444. The molecule has 11 rings (SSSR count). The number of cyclic esters (lactones) is 2. The molecule has 5 heteroatoms. The number of hydrogen-bond acceptors (Lipinski definition) is 3. The van der Waals surface area contributed by atoms with Crippen molar-refractivity contribution in [3.8, 4) is 22.9 Å². The Labute approximate surface area is 355 Å². The lowest BCUT2D eigenvalue weighted by Crippen LogP contribution is -2.68. The lowest BCUT2D eigenvalue weighted by molar-refractivity contribution is -0.156. The Bertz CT molecular complexity index is 2310. The molecule has 1 aliphatic heterocycles. The molecule has 1 fully saturated rings. The first-order chi connectivity index (χ1) is 28.1. The maximum atomic E-state index is 15.6. The molecule has 0 saturated carbocycles. The Morgan fingerprint density at radius 2 is 0.678 bits per heavy atom. The minimum atomic E-state index is -2.17. The van der Waals surface area contributed by atoms with Crippen LogP contribution in [-0.2, 0) is 14.3 Å². The number of carbonyl (C=O) groups is 2. The van der Waals surface area contributed by atoms with E-state index < -0.39 is 38.8 Å². The van der Waals surface area contributed by atoms with Gasteiger partial charge in [0.25, 0.3) is 0 Å². The van der Waals surface area contributed by atoms with Gasteiger partial charge in [0.15, 0.2) is 0 Å². The van der Waals surface area contributed by atoms with Gasteiger partial charge in [0.05, 0.1) is 0 Å². The van der Waals surface area contributed by atoms with E-state index in [0.29, 0.717) is 33.2 Å². The van der Waals surface area contributed by atoms with Gasteiger partial charge in [-0.15, -0.1) is 11.1 Å². The molecule has 59 heavy (non-hydrogen) atoms. The van der Waals surface area contributed by atoms with Crippen LogP contribution in [0.3, 0.4) is 0 Å². The molecule has 0 N–H and O–H groups in total. The van der Waals surface area contributed by atoms with E-state index in [4.69, 9.17) is 4.74 Å². The first-order valence-electron chi connectivity index (χ1n) is 22.3. The number of esters is 2. The third-order valence-electron chi connectivity index (χ3n) is 16.6. The Morgan fingerprint density at radius 3 is 0.932 bits per heavy atom. The summed E-state index contributed by atoms with van der Waals surface area (Å²) in [5, 5.41) is 0. The molecule has 4 aromatic rings. The van der Waals surface area contributed by atoms with Crippen molar-refractivity contribution in [3.05, 3.63) is 141 Å². The third kappa shape index (κ3) is 4.68. The van der Waals surface area contributed by atoms with Crippen molar-refractivity contribution >= 4 is 28.1 Å². The van der Waals surface area contributed by atoms with Crippen molar-refractivity contribution in [2.24, 2.45) is 10.8 Å². The molecular weight excluding hydrogens is 753 g/mol. The molecule has 302 valence electrons. The zero-order chi connectivity index (χ0) is 42.1. The summed E-state index contributed by atoms with van der Waals surface area (Å²) in [6.07, 6.45) is 0. The van der Waals surface area contributed by atoms with E-state index in [1.54, 1.807) is 0 Å². The smallest absolute Gasteiger partial charge is 0.322 e. The van der Waals surface area contributed by atoms with Crippen LogP contribution in [0, 0.1) is 33.8 Å². The molecule has 1 heterocycles. The Kier molecular flexibility index (Phi) is 9.18. The molecule has 4 unspecified atom stereocenters. The van der Waals surface area contributed by atoms with Gasteiger partial charge in [0.1, 0.15) is 27.0 Å². The summed E-state index contributed by atoms with van der Waals surface area (Å²) >= 11 is 0. The Balaban J connectivity index is 1.46. The average Bonchev–Trinajstić information content (AvgIpc) is 3.45. The summed E-state index contributed by atoms with van der Waals surface area (Å²) in [5.74, 6) is 5.44. The maximum absolute atomic E-state index is 15.6. The van der Waals surface area contributed by atoms with Gasteiger partial charge in [-0.05, 0) is 89.9 Å². The van der Waals surface area contributed by atoms with Crippen molar-refractivity contribution in [2.75, 3.05) is 0 Å². The van der Waals surface area contributed by atoms with Crippen LogP contribution in [-0.4, -0.2) is 28.1 Å². The van der Waals surface area contributed by atoms with Gasteiger partial charge in [-0.1, -0.05) is 168 Å². The highest BCUT2D eigenvalue weighted by Gasteiger charge is 2.87. The van der Waals surface area contributed by atoms with Crippen LogP contribution in [0.4, 0.5) is 0 Å². The molecule has 3 nitrogen and oxygen atoms in total. The monoisotopic (exact) mass is 812 g/mol. The van der Waals surface area contributed by atoms with Crippen LogP contribution in [0.2, 0.25) is 33.2 Å². The largest absolute Gasteiger partial charge is 0.392 e. The van der Waals surface area contributed by atoms with Crippen molar-refractivity contribution in [3.63, 3.8) is 0 Å². The van der Waals surface area contributed by atoms with Crippen molar-refractivity contribution in [2.45, 2.75) is 140 Å². The van der Waals surface area contributed by atoms with E-state index in [1.807, 2.05) is 0 Å². The van der Waals surface area contributed by atoms with Gasteiger partial charge < -0.3 is 4.74 Å². The number of hydrogen-bond donors (Lipinski definition) is 0. The second-order valence-corrected chi connectivity index (χ2v) is 31.5. The highest BCUT2D eigenvalue weighted by atomic mass is 28.3. The first kappa shape index (κ1) is 40.0. The highest BCUT2D eigenvalue weighted by Crippen LogP contribution is 2.85. The fourth-order valence-corrected chi connectivity index (χ4v) is 25.2. The van der Waals surface area contributed by atoms with Crippen LogP contribution >= 0.6 is 0 Å². The third-order valence-corrected chi connectivity index (χ3v) is 29.2. The molecule has 0 aromatic heterocycles. The van der Waals surface area contributed by atoms with Crippen LogP contribution in [0.1, 0.15) is 162 Å². The van der Waals surface area contributed by atoms with Crippen molar-refractivity contribution in [1.82, 2.24) is 0 Å². The first-order valence-corrected chi connectivity index (χ1v) is 26.8. The molecule has 1 saturated heterocycles. The molecule has 4 bridgehead atoms. The lowest BCUT2D eigenvalue weighted by Gasteiger charge is -2.68. The second-order valence-electron chi connectivity index (χ2n) is 20.3. The SMILES string of the molecule is CC(C)[Si](C#Cc1ccc(C#C[Si](C(C)C)(C(C)C)C(C)C)c2c1C1c3ccccc3C2C23C(=O)OC(=O)C12C1c2ccccc2C3c2ccccc21)(C(C)C)C(C)C. The van der Waals surface area contributed by atoms with Crippen molar-refractivity contribution in [1.29, 1.82) is 0 Å². The maximum Gasteiger partial charge on any atom is 0.322 e. The van der Waals surface area contributed by atoms with E-state index in [-0.39, 0.29) is 23.8 Å². The molecular formula is C54H60O3Si2. The predicted octanol–water partition coefficient (Wildman–Crippen LogP) is 12.8. The topological polar surface area (TPSA) is 43.4 Å². The van der Waals surface area contributed by atoms with Crippen LogP contribution in [0.5, 0.6) is 0 Å². The van der Waals surface area contributed by atoms with E-state index >= 15 is 9.59 Å². The Morgan fingerprint density at radius 1 is 0.424 bits per heavy atom. The Hall–Kier alpha value is -4.43. The van der Waals surface area contributed by atoms with Gasteiger partial charge in [-0.3, -0.25) is 9.59 Å². The lowest BCUT2D eigenvalue weighted by atomic mass is 9.29. The highest BCUT2D eigenvalue weighted by molar-refractivity contribution is 6.91. The van der Waals surface area contributed by atoms with Crippen LogP contribution in [0.15, 0.2) is 84.9 Å². The van der Waals surface area contributed by atoms with Gasteiger partial charge in [-0.2, -0.15) is 0 Å². The second kappa shape index (κ2) is 13.5. The van der Waals surface area contributed by atoms with Gasteiger partial charge in [0, 0.05) is 34.8 Å². The molecule has 0 radical (unpaired) electrons. The molecule has 4 aromatic carbocycles. The van der Waals surface area contributed by atoms with Gasteiger partial charge >= 0.3 is 11.9 Å². The van der Waals surface area contributed by atoms with Crippen molar-refractivity contribution < 1.29 is 14.3 Å². The summed E-state index contributed by atoms with van der Waals surface area (Å²) in [6, 6.07) is 30.3. The molecule has 4 atom stereocenters. The molecule has 0 amide bonds. The van der Waals surface area contributed by atoms with Gasteiger partial charge in [0.2, 0.25) is 0 Å². The number of rotatable bonds is 6. The van der Waals surface area contributed by atoms with E-state index in [2.05, 4.69) is 191 Å². The summed E-state index contributed by atoms with van der Waals surface area (Å²) in [5.41, 5.74) is 19.5. The summed E-state index contributed by atoms with van der Waals surface area (Å²) in [6.45, 7) is 28.4. The van der Waals surface area contributed by atoms with E-state index in [1.165, 1.54) is 0 Å². The number of ether oxygens (including phenoxy) is 1. The quantitative estimate of drug-likeness (QED) is 0.0843. The normalized spacial score (nSPS) is 25.6. The standard InChI is InChI=1S/C54H60O3Si2/c1-31(2)58(32(3)4,33(5)6)29-27-37-25-26-38(28-30-59(34(7)8,35(9)10)36(11)12)46-45(37)49-43-23-17-18-24-44(43)50(46)54-48-41-21-15-13-19-39(41)47(40-20-14-16-22-42(40)48)53(49,54)51(55)57-52(54)56/h13-26,31-36,47-50H,1-12H3. The van der Waals surface area contributed by atoms with Crippen LogP contribution < -0.4 is 0 Å². The minimum Gasteiger partial charge on any atom is -0.392 e. The fourth-order valence-electron chi connectivity index (χ4n) is 14.7. The summed E-state index contributed by atoms with van der Waals surface area (Å²) < 4.78 is 6.28. The summed E-state index contributed by atoms with van der Waals surface area (Å²) in [7, 11) is -4.33. The van der Waals surface area contributed by atoms with Gasteiger partial charge in [-0.25, -0.2) is 0 Å². The minimum absolute atomic E-state index is 0.373. The zero-order valence-electron chi connectivity index (χ0n) is 37.1.